The van der Waals surface area contributed by atoms with Crippen molar-refractivity contribution in [1.82, 2.24) is 0 Å². The second-order valence-electron chi connectivity index (χ2n) is 8.46. The number of hydrogen-bond donors (Lipinski definition) is 0. The second-order valence-corrected chi connectivity index (χ2v) is 9.71. The van der Waals surface area contributed by atoms with Crippen molar-refractivity contribution in [2.45, 2.75) is 5.41 Å². The van der Waals surface area contributed by atoms with Crippen LogP contribution in [0.2, 0.25) is 0 Å². The van der Waals surface area contributed by atoms with Crippen molar-refractivity contribution in [3.8, 4) is 22.3 Å². The lowest BCUT2D eigenvalue weighted by molar-refractivity contribution is 0.773. The fourth-order valence-electron chi connectivity index (χ4n) is 5.99. The van der Waals surface area contributed by atoms with E-state index in [1.54, 1.807) is 0 Å². The van der Waals surface area contributed by atoms with Crippen LogP contribution in [0.5, 0.6) is 0 Å². The highest BCUT2D eigenvalue weighted by atomic mass is 127. The largest absolute Gasteiger partial charge is 0.114 e. The van der Waals surface area contributed by atoms with E-state index in [2.05, 4.69) is 120 Å². The van der Waals surface area contributed by atoms with Crippen LogP contribution >= 0.6 is 22.6 Å². The molecular weight excluding hydrogens is 486 g/mol. The van der Waals surface area contributed by atoms with Crippen LogP contribution in [-0.4, -0.2) is 7.85 Å². The molecule has 0 saturated heterocycles. The highest BCUT2D eigenvalue weighted by molar-refractivity contribution is 14.1. The molecule has 5 aromatic carbocycles. The Kier molecular flexibility index (Phi) is 3.51. The van der Waals surface area contributed by atoms with Gasteiger partial charge in [0, 0.05) is 3.57 Å². The Bertz CT molecular complexity index is 1570. The number of fused-ring (bicyclic) bond motifs is 9. The summed E-state index contributed by atoms with van der Waals surface area (Å²) in [5.74, 6) is 0. The van der Waals surface area contributed by atoms with Gasteiger partial charge in [0.25, 0.3) is 0 Å². The fraction of sp³-hybridized carbons (Fsp3) is 0.0345. The summed E-state index contributed by atoms with van der Waals surface area (Å²) >= 11 is 2.44. The Morgan fingerprint density at radius 2 is 1.16 bits per heavy atom. The Morgan fingerprint density at radius 3 is 1.94 bits per heavy atom. The third-order valence-corrected chi connectivity index (χ3v) is 7.78. The molecule has 0 fully saturated rings. The minimum atomic E-state index is -0.343. The molecule has 5 aromatic rings. The molecule has 0 N–H and O–H groups in total. The third kappa shape index (κ3) is 2.07. The monoisotopic (exact) mass is 502 g/mol. The smallest absolute Gasteiger partial charge is 0.0889 e. The molecule has 1 atom stereocenters. The van der Waals surface area contributed by atoms with Crippen molar-refractivity contribution in [3.63, 3.8) is 0 Å². The van der Waals surface area contributed by atoms with Gasteiger partial charge in [-0.3, -0.25) is 0 Å². The van der Waals surface area contributed by atoms with E-state index in [4.69, 9.17) is 7.85 Å². The van der Waals surface area contributed by atoms with Gasteiger partial charge in [-0.2, -0.15) is 0 Å². The quantitative estimate of drug-likeness (QED) is 0.162. The predicted octanol–water partition coefficient (Wildman–Crippen LogP) is 6.58. The van der Waals surface area contributed by atoms with Gasteiger partial charge in [-0.05, 0) is 90.0 Å². The second kappa shape index (κ2) is 6.11. The Labute approximate surface area is 196 Å². The molecule has 7 rings (SSSR count). The Hall–Kier alpha value is -2.85. The number of halogens is 1. The lowest BCUT2D eigenvalue weighted by Crippen LogP contribution is -2.32. The van der Waals surface area contributed by atoms with Crippen LogP contribution in [0.1, 0.15) is 22.3 Å². The van der Waals surface area contributed by atoms with Crippen LogP contribution in [-0.2, 0) is 5.41 Å². The van der Waals surface area contributed by atoms with Gasteiger partial charge >= 0.3 is 0 Å². The molecule has 0 amide bonds. The minimum absolute atomic E-state index is 0.343. The summed E-state index contributed by atoms with van der Waals surface area (Å²) in [5.41, 5.74) is 11.1. The fourth-order valence-corrected chi connectivity index (χ4v) is 6.48. The molecule has 0 heterocycles. The summed E-state index contributed by atoms with van der Waals surface area (Å²) < 4.78 is 1.26. The molecule has 1 spiro atoms. The normalized spacial score (nSPS) is 17.5. The van der Waals surface area contributed by atoms with Crippen molar-refractivity contribution in [1.29, 1.82) is 0 Å². The highest BCUT2D eigenvalue weighted by Crippen LogP contribution is 2.61. The molecule has 1 unspecified atom stereocenters. The van der Waals surface area contributed by atoms with E-state index < -0.39 is 0 Å². The molecule has 2 heteroatoms. The van der Waals surface area contributed by atoms with Gasteiger partial charge in [-0.25, -0.2) is 0 Å². The molecule has 2 aliphatic carbocycles. The SMILES string of the molecule is [B]c1ccc2c3c(cccc13)C1(c3ccccc3-c3ccc(I)cc31)c1ccccc1-2. The first-order chi connectivity index (χ1) is 15.2. The average Bonchev–Trinajstić information content (AvgIpc) is 3.09. The van der Waals surface area contributed by atoms with E-state index >= 15 is 0 Å². The Morgan fingerprint density at radius 1 is 0.548 bits per heavy atom. The first kappa shape index (κ1) is 17.8. The zero-order valence-electron chi connectivity index (χ0n) is 16.7. The van der Waals surface area contributed by atoms with Crippen LogP contribution < -0.4 is 5.46 Å². The predicted molar refractivity (Wildman–Crippen MR) is 138 cm³/mol. The van der Waals surface area contributed by atoms with E-state index in [1.807, 2.05) is 0 Å². The van der Waals surface area contributed by atoms with Gasteiger partial charge < -0.3 is 0 Å². The lowest BCUT2D eigenvalue weighted by atomic mass is 9.61. The molecule has 0 aromatic heterocycles. The summed E-state index contributed by atoms with van der Waals surface area (Å²) in [6.07, 6.45) is 0. The summed E-state index contributed by atoms with van der Waals surface area (Å²) in [6, 6.07) is 35.6. The number of hydrogen-bond acceptors (Lipinski definition) is 0. The molecule has 2 radical (unpaired) electrons. The topological polar surface area (TPSA) is 0 Å². The highest BCUT2D eigenvalue weighted by Gasteiger charge is 2.49. The van der Waals surface area contributed by atoms with Crippen LogP contribution in [0.4, 0.5) is 0 Å². The van der Waals surface area contributed by atoms with E-state index in [-0.39, 0.29) is 5.41 Å². The summed E-state index contributed by atoms with van der Waals surface area (Å²) in [6.45, 7) is 0. The summed E-state index contributed by atoms with van der Waals surface area (Å²) in [7, 11) is 6.49. The van der Waals surface area contributed by atoms with E-state index in [1.165, 1.54) is 53.5 Å². The number of benzene rings is 5. The van der Waals surface area contributed by atoms with Crippen molar-refractivity contribution < 1.29 is 0 Å². The molecular formula is C29H16BI. The molecule has 0 aliphatic heterocycles. The lowest BCUT2D eigenvalue weighted by Gasteiger charge is -2.40. The van der Waals surface area contributed by atoms with Gasteiger partial charge in [0.05, 0.1) is 5.41 Å². The molecule has 31 heavy (non-hydrogen) atoms. The number of rotatable bonds is 0. The van der Waals surface area contributed by atoms with E-state index in [0.717, 1.165) is 10.8 Å². The van der Waals surface area contributed by atoms with Crippen LogP contribution in [0.25, 0.3) is 33.0 Å². The molecule has 0 bridgehead atoms. The van der Waals surface area contributed by atoms with E-state index in [0.29, 0.717) is 0 Å². The zero-order chi connectivity index (χ0) is 20.7. The summed E-state index contributed by atoms with van der Waals surface area (Å²) in [4.78, 5) is 0. The Balaban J connectivity index is 1.80. The average molecular weight is 502 g/mol. The van der Waals surface area contributed by atoms with E-state index in [9.17, 15) is 0 Å². The molecule has 0 nitrogen and oxygen atoms in total. The first-order valence-corrected chi connectivity index (χ1v) is 11.6. The standard InChI is InChI=1S/C29H16BI/c30-27-15-14-21-19-7-2-4-10-24(19)29(25-11-5-8-22(27)28(21)25)23-9-3-1-6-18(23)20-13-12-17(31)16-26(20)29/h1-16H. The molecule has 0 saturated carbocycles. The van der Waals surface area contributed by atoms with Crippen LogP contribution in [0, 0.1) is 3.57 Å². The van der Waals surface area contributed by atoms with Crippen LogP contribution in [0.15, 0.2) is 97.1 Å². The first-order valence-electron chi connectivity index (χ1n) is 10.5. The molecule has 2 aliphatic rings. The van der Waals surface area contributed by atoms with Crippen molar-refractivity contribution in [2.75, 3.05) is 0 Å². The zero-order valence-corrected chi connectivity index (χ0v) is 18.9. The van der Waals surface area contributed by atoms with Gasteiger partial charge in [0.15, 0.2) is 0 Å². The van der Waals surface area contributed by atoms with Gasteiger partial charge in [-0.15, -0.1) is 0 Å². The maximum atomic E-state index is 6.49. The van der Waals surface area contributed by atoms with Gasteiger partial charge in [0.2, 0.25) is 0 Å². The van der Waals surface area contributed by atoms with Crippen molar-refractivity contribution >= 4 is 46.7 Å². The van der Waals surface area contributed by atoms with Crippen molar-refractivity contribution in [3.05, 3.63) is 123 Å². The maximum Gasteiger partial charge on any atom is 0.114 e. The van der Waals surface area contributed by atoms with Crippen LogP contribution in [0.3, 0.4) is 0 Å². The minimum Gasteiger partial charge on any atom is -0.0889 e. The van der Waals surface area contributed by atoms with Gasteiger partial charge in [0.1, 0.15) is 7.85 Å². The summed E-state index contributed by atoms with van der Waals surface area (Å²) in [5, 5.41) is 2.42. The third-order valence-electron chi connectivity index (χ3n) is 7.11. The van der Waals surface area contributed by atoms with Gasteiger partial charge in [-0.1, -0.05) is 90.4 Å². The molecule has 142 valence electrons. The van der Waals surface area contributed by atoms with Crippen molar-refractivity contribution in [2.24, 2.45) is 0 Å². The maximum absolute atomic E-state index is 6.49.